The quantitative estimate of drug-likeness (QED) is 0.906. The number of rotatable bonds is 4. The zero-order valence-corrected chi connectivity index (χ0v) is 14.1. The molecule has 1 saturated heterocycles. The monoisotopic (exact) mass is 343 g/mol. The summed E-state index contributed by atoms with van der Waals surface area (Å²) < 4.78 is 38.4. The van der Waals surface area contributed by atoms with Gasteiger partial charge in [0.1, 0.15) is 0 Å². The van der Waals surface area contributed by atoms with Gasteiger partial charge < -0.3 is 10.0 Å². The first-order valence-electron chi connectivity index (χ1n) is 8.32. The van der Waals surface area contributed by atoms with E-state index in [4.69, 9.17) is 0 Å². The molecule has 0 radical (unpaired) electrons. The Morgan fingerprint density at radius 2 is 1.79 bits per heavy atom. The normalized spacial score (nSPS) is 19.2. The van der Waals surface area contributed by atoms with Crippen molar-refractivity contribution >= 4 is 5.91 Å². The van der Waals surface area contributed by atoms with Crippen molar-refractivity contribution in [3.8, 4) is 0 Å². The van der Waals surface area contributed by atoms with Crippen molar-refractivity contribution in [3.63, 3.8) is 0 Å². The molecular weight excluding hydrogens is 319 g/mol. The molecular formula is C18H24F3NO2. The third-order valence-corrected chi connectivity index (χ3v) is 4.91. The average Bonchev–Trinajstić information content (AvgIpc) is 2.54. The summed E-state index contributed by atoms with van der Waals surface area (Å²) in [5, 5.41) is 9.65. The van der Waals surface area contributed by atoms with Crippen LogP contribution in [0.15, 0.2) is 24.3 Å². The molecule has 0 aliphatic carbocycles. The number of hydrogen-bond donors (Lipinski definition) is 1. The largest absolute Gasteiger partial charge is 0.417 e. The van der Waals surface area contributed by atoms with Crippen LogP contribution in [0.4, 0.5) is 13.2 Å². The third kappa shape index (κ3) is 4.09. The first-order valence-corrected chi connectivity index (χ1v) is 8.32. The molecule has 3 nitrogen and oxygen atoms in total. The van der Waals surface area contributed by atoms with Gasteiger partial charge in [0.05, 0.1) is 0 Å². The second kappa shape index (κ2) is 7.13. The molecule has 2 rings (SSSR count). The molecule has 1 fully saturated rings. The average molecular weight is 343 g/mol. The summed E-state index contributed by atoms with van der Waals surface area (Å²) in [6.45, 7) is 3.89. The number of carbonyl (C=O) groups is 1. The van der Waals surface area contributed by atoms with Crippen molar-refractivity contribution in [1.82, 2.24) is 4.90 Å². The summed E-state index contributed by atoms with van der Waals surface area (Å²) in [6, 6.07) is 8.05. The van der Waals surface area contributed by atoms with Gasteiger partial charge in [-0.05, 0) is 23.5 Å². The van der Waals surface area contributed by atoms with Gasteiger partial charge in [0.2, 0.25) is 5.91 Å². The summed E-state index contributed by atoms with van der Waals surface area (Å²) >= 11 is 0. The van der Waals surface area contributed by atoms with Gasteiger partial charge in [-0.2, -0.15) is 13.2 Å². The van der Waals surface area contributed by atoms with Crippen LogP contribution in [0.25, 0.3) is 0 Å². The Bertz CT molecular complexity index is 561. The van der Waals surface area contributed by atoms with Crippen LogP contribution in [0.5, 0.6) is 0 Å². The first-order chi connectivity index (χ1) is 11.2. The van der Waals surface area contributed by atoms with E-state index in [9.17, 15) is 23.1 Å². The molecule has 1 atom stereocenters. The van der Waals surface area contributed by atoms with Gasteiger partial charge in [0.15, 0.2) is 5.60 Å². The maximum Gasteiger partial charge on any atom is 0.417 e. The maximum absolute atomic E-state index is 12.8. The number of hydrogen-bond acceptors (Lipinski definition) is 2. The van der Waals surface area contributed by atoms with E-state index in [1.807, 2.05) is 31.2 Å². The highest BCUT2D eigenvalue weighted by Gasteiger charge is 2.54. The van der Waals surface area contributed by atoms with E-state index in [2.05, 4.69) is 6.92 Å². The summed E-state index contributed by atoms with van der Waals surface area (Å²) in [4.78, 5) is 13.8. The van der Waals surface area contributed by atoms with Crippen molar-refractivity contribution < 1.29 is 23.1 Å². The molecule has 1 N–H and O–H groups in total. The van der Waals surface area contributed by atoms with E-state index in [-0.39, 0.29) is 31.3 Å². The van der Waals surface area contributed by atoms with Crippen LogP contribution in [0, 0.1) is 0 Å². The van der Waals surface area contributed by atoms with Crippen LogP contribution in [0.3, 0.4) is 0 Å². The van der Waals surface area contributed by atoms with Crippen LogP contribution >= 0.6 is 0 Å². The van der Waals surface area contributed by atoms with Crippen LogP contribution in [0.1, 0.15) is 50.2 Å². The maximum atomic E-state index is 12.8. The second-order valence-electron chi connectivity index (χ2n) is 6.61. The van der Waals surface area contributed by atoms with Gasteiger partial charge in [-0.1, -0.05) is 38.1 Å². The SMILES string of the molecule is CCc1ccc(C(C)CC(=O)N2CCC(O)(C(F)(F)F)CC2)cc1. The molecule has 1 aliphatic rings. The molecule has 1 aromatic rings. The topological polar surface area (TPSA) is 40.5 Å². The molecule has 0 aromatic heterocycles. The van der Waals surface area contributed by atoms with E-state index >= 15 is 0 Å². The fourth-order valence-corrected chi connectivity index (χ4v) is 3.00. The lowest BCUT2D eigenvalue weighted by atomic mass is 9.90. The highest BCUT2D eigenvalue weighted by molar-refractivity contribution is 5.77. The summed E-state index contributed by atoms with van der Waals surface area (Å²) in [6.07, 6.45) is -4.35. The number of aliphatic hydroxyl groups is 1. The van der Waals surface area contributed by atoms with Crippen LogP contribution in [-0.2, 0) is 11.2 Å². The van der Waals surface area contributed by atoms with E-state index in [1.165, 1.54) is 10.5 Å². The number of aryl methyl sites for hydroxylation is 1. The number of amides is 1. The second-order valence-corrected chi connectivity index (χ2v) is 6.61. The lowest BCUT2D eigenvalue weighted by Gasteiger charge is -2.39. The number of halogens is 3. The van der Waals surface area contributed by atoms with Gasteiger partial charge in [-0.3, -0.25) is 4.79 Å². The molecule has 1 amide bonds. The van der Waals surface area contributed by atoms with Crippen molar-refractivity contribution in [2.75, 3.05) is 13.1 Å². The minimum atomic E-state index is -4.64. The van der Waals surface area contributed by atoms with Gasteiger partial charge in [-0.15, -0.1) is 0 Å². The Kier molecular flexibility index (Phi) is 5.58. The van der Waals surface area contributed by atoms with Crippen molar-refractivity contribution in [2.24, 2.45) is 0 Å². The molecule has 134 valence electrons. The van der Waals surface area contributed by atoms with E-state index in [0.29, 0.717) is 0 Å². The van der Waals surface area contributed by atoms with Gasteiger partial charge in [0.25, 0.3) is 0 Å². The zero-order chi connectivity index (χ0) is 18.0. The van der Waals surface area contributed by atoms with Crippen molar-refractivity contribution in [1.29, 1.82) is 0 Å². The fraction of sp³-hybridized carbons (Fsp3) is 0.611. The van der Waals surface area contributed by atoms with Crippen LogP contribution in [0.2, 0.25) is 0 Å². The van der Waals surface area contributed by atoms with Crippen molar-refractivity contribution in [2.45, 2.75) is 57.2 Å². The van der Waals surface area contributed by atoms with Crippen LogP contribution < -0.4 is 0 Å². The Balaban J connectivity index is 1.91. The Morgan fingerprint density at radius 3 is 2.25 bits per heavy atom. The molecule has 1 aromatic carbocycles. The summed E-state index contributed by atoms with van der Waals surface area (Å²) in [5.74, 6) is -0.155. The minimum absolute atomic E-state index is 0.00633. The molecule has 1 aliphatic heterocycles. The van der Waals surface area contributed by atoms with E-state index in [1.54, 1.807) is 0 Å². The molecule has 0 spiro atoms. The zero-order valence-electron chi connectivity index (χ0n) is 14.1. The standard InChI is InChI=1S/C18H24F3NO2/c1-3-14-4-6-15(7-5-14)13(2)12-16(23)22-10-8-17(24,9-11-22)18(19,20)21/h4-7,13,24H,3,8-12H2,1-2H3. The Labute approximate surface area is 140 Å². The van der Waals surface area contributed by atoms with Crippen molar-refractivity contribution in [3.05, 3.63) is 35.4 Å². The molecule has 0 saturated carbocycles. The van der Waals surface area contributed by atoms with E-state index < -0.39 is 24.6 Å². The highest BCUT2D eigenvalue weighted by Crippen LogP contribution is 2.38. The number of alkyl halides is 3. The molecule has 1 unspecified atom stereocenters. The predicted molar refractivity (Wildman–Crippen MR) is 85.7 cm³/mol. The lowest BCUT2D eigenvalue weighted by molar-refractivity contribution is -0.272. The van der Waals surface area contributed by atoms with E-state index in [0.717, 1.165) is 12.0 Å². The van der Waals surface area contributed by atoms with Gasteiger partial charge in [0, 0.05) is 32.4 Å². The molecule has 1 heterocycles. The third-order valence-electron chi connectivity index (χ3n) is 4.91. The number of nitrogens with zero attached hydrogens (tertiary/aromatic N) is 1. The lowest BCUT2D eigenvalue weighted by Crippen LogP contribution is -2.54. The fourth-order valence-electron chi connectivity index (χ4n) is 3.00. The smallest absolute Gasteiger partial charge is 0.380 e. The minimum Gasteiger partial charge on any atom is -0.380 e. The number of likely N-dealkylation sites (tertiary alicyclic amines) is 1. The van der Waals surface area contributed by atoms with Gasteiger partial charge >= 0.3 is 6.18 Å². The van der Waals surface area contributed by atoms with Crippen LogP contribution in [-0.4, -0.2) is 40.8 Å². The Hall–Kier alpha value is -1.56. The van der Waals surface area contributed by atoms with Gasteiger partial charge in [-0.25, -0.2) is 0 Å². The summed E-state index contributed by atoms with van der Waals surface area (Å²) in [7, 11) is 0. The number of carbonyl (C=O) groups excluding carboxylic acids is 1. The molecule has 24 heavy (non-hydrogen) atoms. The number of benzene rings is 1. The molecule has 0 bridgehead atoms. The number of piperidine rings is 1. The first kappa shape index (κ1) is 18.8. The summed E-state index contributed by atoms with van der Waals surface area (Å²) in [5.41, 5.74) is -0.394. The highest BCUT2D eigenvalue weighted by atomic mass is 19.4. The predicted octanol–water partition coefficient (Wildman–Crippen LogP) is 3.66. The molecule has 6 heteroatoms. The Morgan fingerprint density at radius 1 is 1.25 bits per heavy atom.